The number of rotatable bonds is 7. The first-order valence-electron chi connectivity index (χ1n) is 10.5. The molecule has 0 aromatic heterocycles. The zero-order chi connectivity index (χ0) is 24.2. The van der Waals surface area contributed by atoms with Gasteiger partial charge in [-0.3, -0.25) is 9.59 Å². The fraction of sp³-hybridized carbons (Fsp3) is 0.391. The van der Waals surface area contributed by atoms with E-state index in [1.54, 1.807) is 24.3 Å². The molecular formula is C23H27ClN2O6S. The number of sulfonamides is 1. The van der Waals surface area contributed by atoms with Crippen LogP contribution < -0.4 is 5.32 Å². The Morgan fingerprint density at radius 3 is 2.45 bits per heavy atom. The van der Waals surface area contributed by atoms with E-state index in [9.17, 15) is 18.0 Å². The number of morpholine rings is 1. The molecule has 2 aromatic carbocycles. The normalized spacial score (nSPS) is 20.1. The van der Waals surface area contributed by atoms with E-state index < -0.39 is 27.9 Å². The fourth-order valence-electron chi connectivity index (χ4n) is 3.76. The van der Waals surface area contributed by atoms with Gasteiger partial charge >= 0.3 is 5.97 Å². The molecule has 1 aliphatic heterocycles. The first-order chi connectivity index (χ1) is 15.6. The van der Waals surface area contributed by atoms with Gasteiger partial charge in [-0.05, 0) is 43.7 Å². The van der Waals surface area contributed by atoms with Crippen LogP contribution in [-0.2, 0) is 24.3 Å². The van der Waals surface area contributed by atoms with Gasteiger partial charge in [-0.2, -0.15) is 4.31 Å². The molecule has 3 rings (SSSR count). The Kier molecular flexibility index (Phi) is 8.12. The number of hydrogen-bond donors (Lipinski definition) is 1. The highest BCUT2D eigenvalue weighted by atomic mass is 35.5. The monoisotopic (exact) mass is 494 g/mol. The van der Waals surface area contributed by atoms with E-state index in [1.165, 1.54) is 35.7 Å². The van der Waals surface area contributed by atoms with Crippen LogP contribution in [0.4, 0.5) is 0 Å². The van der Waals surface area contributed by atoms with Crippen LogP contribution in [0.5, 0.6) is 0 Å². The van der Waals surface area contributed by atoms with Gasteiger partial charge < -0.3 is 14.8 Å². The molecule has 0 bridgehead atoms. The predicted octanol–water partition coefficient (Wildman–Crippen LogP) is 3.17. The number of hydrogen-bond acceptors (Lipinski definition) is 6. The highest BCUT2D eigenvalue weighted by Crippen LogP contribution is 2.27. The largest absolute Gasteiger partial charge is 0.469 e. The van der Waals surface area contributed by atoms with Crippen LogP contribution in [0.2, 0.25) is 5.02 Å². The van der Waals surface area contributed by atoms with Crippen molar-refractivity contribution >= 4 is 33.5 Å². The lowest BCUT2D eigenvalue weighted by atomic mass is 10.0. The van der Waals surface area contributed by atoms with Crippen LogP contribution in [0, 0.1) is 0 Å². The van der Waals surface area contributed by atoms with Crippen molar-refractivity contribution in [2.24, 2.45) is 0 Å². The van der Waals surface area contributed by atoms with E-state index in [0.717, 1.165) is 0 Å². The summed E-state index contributed by atoms with van der Waals surface area (Å²) in [5.41, 5.74) is 0.699. The lowest BCUT2D eigenvalue weighted by Gasteiger charge is -2.34. The van der Waals surface area contributed by atoms with Crippen molar-refractivity contribution in [3.05, 3.63) is 64.7 Å². The van der Waals surface area contributed by atoms with Gasteiger partial charge in [-0.25, -0.2) is 8.42 Å². The molecule has 33 heavy (non-hydrogen) atoms. The Bertz CT molecular complexity index is 1110. The van der Waals surface area contributed by atoms with Crippen molar-refractivity contribution in [3.63, 3.8) is 0 Å². The summed E-state index contributed by atoms with van der Waals surface area (Å²) in [4.78, 5) is 25.0. The Hall–Kier alpha value is -2.46. The third-order valence-corrected chi connectivity index (χ3v) is 7.48. The number of carbonyl (C=O) groups is 2. The number of halogens is 1. The van der Waals surface area contributed by atoms with E-state index in [2.05, 4.69) is 5.32 Å². The standard InChI is InChI=1S/C23H27ClN2O6S/c1-15-13-26(14-16(2)32-15)33(29,30)18-8-6-7-17(11-18)23(28)25-21(12-22(27)31-3)19-9-4-5-10-20(19)24/h4-11,15-16,21H,12-14H2,1-3H3,(H,25,28). The molecule has 0 aliphatic carbocycles. The molecule has 10 heteroatoms. The van der Waals surface area contributed by atoms with Gasteiger partial charge in [0.15, 0.2) is 0 Å². The summed E-state index contributed by atoms with van der Waals surface area (Å²) < 4.78 is 38.1. The second kappa shape index (κ2) is 10.6. The van der Waals surface area contributed by atoms with Gasteiger partial charge in [0, 0.05) is 23.7 Å². The smallest absolute Gasteiger partial charge is 0.307 e. The first kappa shape index (κ1) is 25.2. The SMILES string of the molecule is COC(=O)CC(NC(=O)c1cccc(S(=O)(=O)N2CC(C)OC(C)C2)c1)c1ccccc1Cl. The molecule has 0 spiro atoms. The van der Waals surface area contributed by atoms with Crippen LogP contribution in [0.15, 0.2) is 53.4 Å². The summed E-state index contributed by atoms with van der Waals surface area (Å²) in [6.45, 7) is 4.10. The second-order valence-corrected chi connectivity index (χ2v) is 10.3. The molecule has 3 atom stereocenters. The quantitative estimate of drug-likeness (QED) is 0.593. The third kappa shape index (κ3) is 6.11. The maximum Gasteiger partial charge on any atom is 0.307 e. The predicted molar refractivity (Wildman–Crippen MR) is 124 cm³/mol. The summed E-state index contributed by atoms with van der Waals surface area (Å²) >= 11 is 6.27. The maximum absolute atomic E-state index is 13.2. The van der Waals surface area contributed by atoms with Crippen molar-refractivity contribution < 1.29 is 27.5 Å². The Morgan fingerprint density at radius 2 is 1.82 bits per heavy atom. The minimum absolute atomic E-state index is 0.0127. The first-order valence-corrected chi connectivity index (χ1v) is 12.3. The second-order valence-electron chi connectivity index (χ2n) is 7.93. The van der Waals surface area contributed by atoms with Crippen molar-refractivity contribution in [1.29, 1.82) is 0 Å². The van der Waals surface area contributed by atoms with Crippen LogP contribution >= 0.6 is 11.6 Å². The average molecular weight is 495 g/mol. The average Bonchev–Trinajstić information content (AvgIpc) is 2.78. The van der Waals surface area contributed by atoms with Gasteiger partial charge in [0.2, 0.25) is 10.0 Å². The van der Waals surface area contributed by atoms with E-state index >= 15 is 0 Å². The zero-order valence-electron chi connectivity index (χ0n) is 18.7. The van der Waals surface area contributed by atoms with E-state index in [1.807, 2.05) is 13.8 Å². The molecule has 1 N–H and O–H groups in total. The van der Waals surface area contributed by atoms with Gasteiger partial charge in [-0.15, -0.1) is 0 Å². The Balaban J connectivity index is 1.86. The van der Waals surface area contributed by atoms with Crippen molar-refractivity contribution in [2.75, 3.05) is 20.2 Å². The molecule has 1 aliphatic rings. The number of benzene rings is 2. The van der Waals surface area contributed by atoms with E-state index in [4.69, 9.17) is 21.1 Å². The molecule has 0 radical (unpaired) electrons. The van der Waals surface area contributed by atoms with Gasteiger partial charge in [0.05, 0.1) is 36.7 Å². The van der Waals surface area contributed by atoms with Crippen molar-refractivity contribution in [3.8, 4) is 0 Å². The summed E-state index contributed by atoms with van der Waals surface area (Å²) in [6.07, 6.45) is -0.595. The zero-order valence-corrected chi connectivity index (χ0v) is 20.2. The molecule has 0 saturated carbocycles. The number of carbonyl (C=O) groups excluding carboxylic acids is 2. The van der Waals surface area contributed by atoms with Crippen molar-refractivity contribution in [2.45, 2.75) is 43.4 Å². The number of amides is 1. The maximum atomic E-state index is 13.2. The lowest BCUT2D eigenvalue weighted by molar-refractivity contribution is -0.141. The minimum Gasteiger partial charge on any atom is -0.469 e. The number of ether oxygens (including phenoxy) is 2. The number of methoxy groups -OCH3 is 1. The topological polar surface area (TPSA) is 102 Å². The highest BCUT2D eigenvalue weighted by Gasteiger charge is 2.32. The van der Waals surface area contributed by atoms with Gasteiger partial charge in [-0.1, -0.05) is 35.9 Å². The van der Waals surface area contributed by atoms with Gasteiger partial charge in [0.25, 0.3) is 5.91 Å². The number of esters is 1. The van der Waals surface area contributed by atoms with Crippen LogP contribution in [0.1, 0.15) is 42.2 Å². The molecule has 1 fully saturated rings. The van der Waals surface area contributed by atoms with E-state index in [0.29, 0.717) is 10.6 Å². The molecule has 178 valence electrons. The minimum atomic E-state index is -3.82. The summed E-state index contributed by atoms with van der Waals surface area (Å²) in [5, 5.41) is 3.16. The van der Waals surface area contributed by atoms with E-state index in [-0.39, 0.29) is 42.2 Å². The number of nitrogens with one attached hydrogen (secondary N) is 1. The van der Waals surface area contributed by atoms with Crippen LogP contribution in [-0.4, -0.2) is 57.0 Å². The Morgan fingerprint density at radius 1 is 1.15 bits per heavy atom. The number of nitrogens with zero attached hydrogens (tertiary/aromatic N) is 1. The Labute approximate surface area is 198 Å². The summed E-state index contributed by atoms with van der Waals surface area (Å²) in [5.74, 6) is -1.06. The lowest BCUT2D eigenvalue weighted by Crippen LogP contribution is -2.48. The fourth-order valence-corrected chi connectivity index (χ4v) is 5.67. The highest BCUT2D eigenvalue weighted by molar-refractivity contribution is 7.89. The van der Waals surface area contributed by atoms with Crippen LogP contribution in [0.3, 0.4) is 0 Å². The van der Waals surface area contributed by atoms with Crippen LogP contribution in [0.25, 0.3) is 0 Å². The molecule has 1 heterocycles. The molecule has 3 unspecified atom stereocenters. The molecule has 2 aromatic rings. The molecule has 8 nitrogen and oxygen atoms in total. The third-order valence-electron chi connectivity index (χ3n) is 5.30. The van der Waals surface area contributed by atoms with Gasteiger partial charge in [0.1, 0.15) is 0 Å². The summed E-state index contributed by atoms with van der Waals surface area (Å²) in [6, 6.07) is 11.9. The summed E-state index contributed by atoms with van der Waals surface area (Å²) in [7, 11) is -2.56. The molecule has 1 amide bonds. The molecular weight excluding hydrogens is 468 g/mol. The molecule has 1 saturated heterocycles. The van der Waals surface area contributed by atoms with Crippen molar-refractivity contribution in [1.82, 2.24) is 9.62 Å².